The molecule has 2 aliphatic heterocycles. The summed E-state index contributed by atoms with van der Waals surface area (Å²) in [5.41, 5.74) is 5.64. The Morgan fingerprint density at radius 1 is 1.03 bits per heavy atom. The highest BCUT2D eigenvalue weighted by Crippen LogP contribution is 2.31. The lowest BCUT2D eigenvalue weighted by molar-refractivity contribution is -0.123. The average Bonchev–Trinajstić information content (AvgIpc) is 3.18. The minimum absolute atomic E-state index is 0.0142. The average molecular weight is 520 g/mol. The van der Waals surface area contributed by atoms with E-state index in [-0.39, 0.29) is 30.8 Å². The number of fused-ring (bicyclic) bond motifs is 5. The Morgan fingerprint density at radius 3 is 2.58 bits per heavy atom. The molecule has 2 aromatic heterocycles. The third-order valence-corrected chi connectivity index (χ3v) is 6.56. The number of aromatic amines is 1. The number of para-hydroxylation sites is 1. The van der Waals surface area contributed by atoms with Gasteiger partial charge in [0, 0.05) is 47.9 Å². The SMILES string of the molecule is Cc1cc(N2C[C@@H]3COC[C@H](C2)N(C(=O)c2ccc4nc[nH]c4c2)C3)c2ccccc2n1.O=CO.O=CO. The fourth-order valence-corrected chi connectivity index (χ4v) is 5.07. The topological polar surface area (TPSA) is 149 Å². The normalized spacial score (nSPS) is 18.4. The van der Waals surface area contributed by atoms with Crippen molar-refractivity contribution in [3.63, 3.8) is 0 Å². The Bertz CT molecular complexity index is 1420. The number of H-pyrrole nitrogens is 1. The van der Waals surface area contributed by atoms with Crippen LogP contribution in [0.3, 0.4) is 0 Å². The highest BCUT2D eigenvalue weighted by atomic mass is 16.5. The molecule has 4 aromatic rings. The molecule has 0 spiro atoms. The van der Waals surface area contributed by atoms with Crippen molar-refractivity contribution in [1.82, 2.24) is 19.9 Å². The number of ether oxygens (including phenoxy) is 1. The molecule has 0 saturated carbocycles. The van der Waals surface area contributed by atoms with Gasteiger partial charge in [-0.15, -0.1) is 0 Å². The van der Waals surface area contributed by atoms with Gasteiger partial charge < -0.3 is 29.7 Å². The third-order valence-electron chi connectivity index (χ3n) is 6.56. The predicted molar refractivity (Wildman–Crippen MR) is 141 cm³/mol. The van der Waals surface area contributed by atoms with E-state index in [9.17, 15) is 4.79 Å². The van der Waals surface area contributed by atoms with Gasteiger partial charge >= 0.3 is 0 Å². The van der Waals surface area contributed by atoms with Crippen LogP contribution in [-0.4, -0.2) is 87.8 Å². The fourth-order valence-electron chi connectivity index (χ4n) is 5.07. The van der Waals surface area contributed by atoms with E-state index in [1.54, 1.807) is 6.33 Å². The molecule has 0 unspecified atom stereocenters. The Morgan fingerprint density at radius 2 is 1.79 bits per heavy atom. The molecule has 3 N–H and O–H groups in total. The molecule has 0 aliphatic carbocycles. The summed E-state index contributed by atoms with van der Waals surface area (Å²) in [5.74, 6) is 0.300. The van der Waals surface area contributed by atoms with Crippen molar-refractivity contribution in [1.29, 1.82) is 0 Å². The number of amides is 1. The summed E-state index contributed by atoms with van der Waals surface area (Å²) in [6.07, 6.45) is 1.66. The minimum atomic E-state index is -0.250. The first-order valence-electron chi connectivity index (χ1n) is 12.1. The van der Waals surface area contributed by atoms with Crippen LogP contribution in [0.15, 0.2) is 54.9 Å². The van der Waals surface area contributed by atoms with Crippen molar-refractivity contribution < 1.29 is 29.3 Å². The van der Waals surface area contributed by atoms with Crippen LogP contribution >= 0.6 is 0 Å². The molecule has 11 heteroatoms. The summed E-state index contributed by atoms with van der Waals surface area (Å²) < 4.78 is 5.98. The van der Waals surface area contributed by atoms with Crippen molar-refractivity contribution in [2.45, 2.75) is 13.0 Å². The molecule has 2 fully saturated rings. The number of nitrogens with zero attached hydrogens (tertiary/aromatic N) is 4. The highest BCUT2D eigenvalue weighted by Gasteiger charge is 2.36. The van der Waals surface area contributed by atoms with Gasteiger partial charge in [0.25, 0.3) is 18.9 Å². The van der Waals surface area contributed by atoms with Gasteiger partial charge in [-0.05, 0) is 37.3 Å². The Hall–Kier alpha value is -4.51. The van der Waals surface area contributed by atoms with Crippen LogP contribution < -0.4 is 4.90 Å². The van der Waals surface area contributed by atoms with Crippen molar-refractivity contribution >= 4 is 46.5 Å². The third kappa shape index (κ3) is 5.73. The van der Waals surface area contributed by atoms with Crippen molar-refractivity contribution in [2.75, 3.05) is 37.7 Å². The summed E-state index contributed by atoms with van der Waals surface area (Å²) >= 11 is 0. The van der Waals surface area contributed by atoms with Crippen LogP contribution in [0.4, 0.5) is 5.69 Å². The number of imidazole rings is 1. The molecule has 2 atom stereocenters. The maximum absolute atomic E-state index is 13.6. The standard InChI is InChI=1S/C25H25N5O2.2CH2O2/c1-16-8-24(20-4-2-3-5-21(20)28-16)29-10-17-11-30(19(12-29)14-32-13-17)25(31)18-6-7-22-23(9-18)27-15-26-22;2*2-1-3/h2-9,15,17,19H,10-14H2,1H3,(H,26,27);2*1H,(H,2,3)/t17-,19-;;/m0../s1. The molecule has 2 saturated heterocycles. The number of aromatic nitrogens is 3. The van der Waals surface area contributed by atoms with E-state index in [1.807, 2.05) is 36.1 Å². The van der Waals surface area contributed by atoms with E-state index in [0.29, 0.717) is 25.3 Å². The first-order valence-corrected chi connectivity index (χ1v) is 12.1. The van der Waals surface area contributed by atoms with Crippen LogP contribution in [0, 0.1) is 12.8 Å². The molecule has 6 rings (SSSR count). The molecule has 2 bridgehead atoms. The Labute approximate surface area is 218 Å². The maximum Gasteiger partial charge on any atom is 0.290 e. The van der Waals surface area contributed by atoms with Crippen molar-refractivity contribution in [2.24, 2.45) is 5.92 Å². The van der Waals surface area contributed by atoms with E-state index in [4.69, 9.17) is 29.5 Å². The number of benzene rings is 2. The van der Waals surface area contributed by atoms with Gasteiger partial charge in [0.1, 0.15) is 0 Å². The van der Waals surface area contributed by atoms with E-state index in [2.05, 4.69) is 39.1 Å². The van der Waals surface area contributed by atoms with Gasteiger partial charge in [-0.1, -0.05) is 18.2 Å². The highest BCUT2D eigenvalue weighted by molar-refractivity contribution is 5.98. The van der Waals surface area contributed by atoms with Crippen LogP contribution in [0.25, 0.3) is 21.9 Å². The van der Waals surface area contributed by atoms with Gasteiger partial charge in [-0.25, -0.2) is 4.98 Å². The molecule has 1 amide bonds. The summed E-state index contributed by atoms with van der Waals surface area (Å²) in [6.45, 7) is 5.04. The van der Waals surface area contributed by atoms with Gasteiger partial charge in [0.15, 0.2) is 0 Å². The van der Waals surface area contributed by atoms with Gasteiger partial charge in [-0.2, -0.15) is 0 Å². The number of nitrogens with one attached hydrogen (secondary N) is 1. The lowest BCUT2D eigenvalue weighted by atomic mass is 10.1. The summed E-state index contributed by atoms with van der Waals surface area (Å²) in [4.78, 5) is 46.8. The zero-order valence-electron chi connectivity index (χ0n) is 20.9. The lowest BCUT2D eigenvalue weighted by Gasteiger charge is -2.33. The molecule has 2 aliphatic rings. The predicted octanol–water partition coefficient (Wildman–Crippen LogP) is 2.80. The molecule has 11 nitrogen and oxygen atoms in total. The van der Waals surface area contributed by atoms with E-state index >= 15 is 0 Å². The second-order valence-corrected chi connectivity index (χ2v) is 9.06. The van der Waals surface area contributed by atoms with Gasteiger partial charge in [0.05, 0.1) is 42.1 Å². The number of carbonyl (C=O) groups is 3. The van der Waals surface area contributed by atoms with E-state index < -0.39 is 0 Å². The molecule has 2 aromatic carbocycles. The number of aryl methyl sites for hydroxylation is 1. The number of carbonyl (C=O) groups excluding carboxylic acids is 1. The molecule has 38 heavy (non-hydrogen) atoms. The largest absolute Gasteiger partial charge is 0.483 e. The van der Waals surface area contributed by atoms with Crippen molar-refractivity contribution in [3.8, 4) is 0 Å². The maximum atomic E-state index is 13.6. The lowest BCUT2D eigenvalue weighted by Crippen LogP contribution is -2.46. The van der Waals surface area contributed by atoms with Crippen LogP contribution in [0.2, 0.25) is 0 Å². The number of anilines is 1. The first kappa shape index (κ1) is 26.6. The molecule has 0 radical (unpaired) electrons. The second-order valence-electron chi connectivity index (χ2n) is 9.06. The molecule has 4 heterocycles. The smallest absolute Gasteiger partial charge is 0.290 e. The first-order chi connectivity index (χ1) is 18.5. The monoisotopic (exact) mass is 519 g/mol. The van der Waals surface area contributed by atoms with Crippen LogP contribution in [0.5, 0.6) is 0 Å². The zero-order chi connectivity index (χ0) is 27.1. The number of hydrogen-bond acceptors (Lipinski definition) is 7. The molecule has 198 valence electrons. The van der Waals surface area contributed by atoms with Crippen LogP contribution in [0.1, 0.15) is 16.1 Å². The summed E-state index contributed by atoms with van der Waals surface area (Å²) in [6, 6.07) is 16.1. The molecular formula is C27H29N5O6. The second kappa shape index (κ2) is 12.2. The van der Waals surface area contributed by atoms with Crippen LogP contribution in [-0.2, 0) is 14.3 Å². The quantitative estimate of drug-likeness (QED) is 0.340. The van der Waals surface area contributed by atoms with E-state index in [0.717, 1.165) is 40.7 Å². The van der Waals surface area contributed by atoms with Gasteiger partial charge in [-0.3, -0.25) is 19.4 Å². The number of pyridine rings is 1. The number of carboxylic acid groups (broad SMARTS) is 2. The Kier molecular flexibility index (Phi) is 8.49. The van der Waals surface area contributed by atoms with E-state index in [1.165, 1.54) is 5.69 Å². The van der Waals surface area contributed by atoms with Crippen molar-refractivity contribution in [3.05, 3.63) is 66.1 Å². The molecular weight excluding hydrogens is 490 g/mol. The summed E-state index contributed by atoms with van der Waals surface area (Å²) in [5, 5.41) is 14.9. The Balaban J connectivity index is 0.000000515. The van der Waals surface area contributed by atoms with Gasteiger partial charge in [0.2, 0.25) is 0 Å². The summed E-state index contributed by atoms with van der Waals surface area (Å²) in [7, 11) is 0. The number of hydrogen-bond donors (Lipinski definition) is 3. The minimum Gasteiger partial charge on any atom is -0.483 e. The fraction of sp³-hybridized carbons (Fsp3) is 0.296. The zero-order valence-corrected chi connectivity index (χ0v) is 20.9. The number of rotatable bonds is 2.